The first-order valence-electron chi connectivity index (χ1n) is 11.2. The highest BCUT2D eigenvalue weighted by Gasteiger charge is 2.16. The molecule has 36 heavy (non-hydrogen) atoms. The molecule has 186 valence electrons. The maximum Gasteiger partial charge on any atom is 0.225 e. The van der Waals surface area contributed by atoms with Crippen molar-refractivity contribution >= 4 is 35.0 Å². The van der Waals surface area contributed by atoms with Gasteiger partial charge in [0.25, 0.3) is 0 Å². The molecule has 0 aliphatic carbocycles. The van der Waals surface area contributed by atoms with Gasteiger partial charge in [0.1, 0.15) is 17.2 Å². The Labute approximate surface area is 219 Å². The summed E-state index contributed by atoms with van der Waals surface area (Å²) in [5.74, 6) is 2.55. The molecule has 2 N–H and O–H groups in total. The summed E-state index contributed by atoms with van der Waals surface area (Å²) in [5.41, 5.74) is 4.27. The standard InChI is InChI=1S/C27H26ClN3O4S/c1-33-20-9-4-17(5-10-20)25-26(18-6-11-21(34-2)12-7-18)31-27(30-25)36-15-14-24(32)29-19-8-13-23(35-3)22(28)16-19/h4-13,16H,14-15H2,1-3H3,(H,29,32)(H,30,31). The zero-order valence-electron chi connectivity index (χ0n) is 20.1. The summed E-state index contributed by atoms with van der Waals surface area (Å²) in [7, 11) is 4.83. The van der Waals surface area contributed by atoms with E-state index in [4.69, 9.17) is 30.8 Å². The first kappa shape index (κ1) is 25.5. The number of rotatable bonds is 10. The van der Waals surface area contributed by atoms with E-state index in [9.17, 15) is 4.79 Å². The van der Waals surface area contributed by atoms with Crippen LogP contribution in [0.1, 0.15) is 6.42 Å². The quantitative estimate of drug-likeness (QED) is 0.229. The fourth-order valence-electron chi connectivity index (χ4n) is 3.55. The monoisotopic (exact) mass is 523 g/mol. The van der Waals surface area contributed by atoms with Gasteiger partial charge in [-0.3, -0.25) is 4.79 Å². The first-order valence-corrected chi connectivity index (χ1v) is 12.5. The van der Waals surface area contributed by atoms with Crippen molar-refractivity contribution in [2.24, 2.45) is 0 Å². The second-order valence-corrected chi connectivity index (χ2v) is 9.21. The molecule has 0 saturated heterocycles. The molecule has 1 amide bonds. The van der Waals surface area contributed by atoms with Crippen molar-refractivity contribution in [2.45, 2.75) is 11.6 Å². The third-order valence-corrected chi connectivity index (χ3v) is 6.60. The maximum absolute atomic E-state index is 12.5. The average Bonchev–Trinajstić information content (AvgIpc) is 3.33. The Balaban J connectivity index is 1.47. The fraction of sp³-hybridized carbons (Fsp3) is 0.185. The van der Waals surface area contributed by atoms with E-state index >= 15 is 0 Å². The van der Waals surface area contributed by atoms with Crippen molar-refractivity contribution in [2.75, 3.05) is 32.4 Å². The maximum atomic E-state index is 12.5. The predicted molar refractivity (Wildman–Crippen MR) is 145 cm³/mol. The van der Waals surface area contributed by atoms with Gasteiger partial charge < -0.3 is 24.5 Å². The average molecular weight is 524 g/mol. The highest BCUT2D eigenvalue weighted by Crippen LogP contribution is 2.34. The molecule has 3 aromatic carbocycles. The van der Waals surface area contributed by atoms with Crippen LogP contribution in [-0.4, -0.2) is 43.0 Å². The number of nitrogens with one attached hydrogen (secondary N) is 2. The molecule has 0 fully saturated rings. The number of aromatic amines is 1. The Morgan fingerprint density at radius 3 is 2.14 bits per heavy atom. The van der Waals surface area contributed by atoms with Crippen molar-refractivity contribution in [3.8, 4) is 39.8 Å². The largest absolute Gasteiger partial charge is 0.497 e. The minimum Gasteiger partial charge on any atom is -0.497 e. The van der Waals surface area contributed by atoms with E-state index in [1.807, 2.05) is 48.5 Å². The molecule has 0 atom stereocenters. The summed E-state index contributed by atoms with van der Waals surface area (Å²) in [6.45, 7) is 0. The number of hydrogen-bond acceptors (Lipinski definition) is 6. The van der Waals surface area contributed by atoms with Crippen LogP contribution < -0.4 is 19.5 Å². The van der Waals surface area contributed by atoms with Gasteiger partial charge in [0.15, 0.2) is 5.16 Å². The van der Waals surface area contributed by atoms with Gasteiger partial charge in [-0.05, 0) is 66.7 Å². The molecule has 4 aromatic rings. The first-order chi connectivity index (χ1) is 17.5. The summed E-state index contributed by atoms with van der Waals surface area (Å²) in [5, 5.41) is 4.03. The Hall–Kier alpha value is -3.62. The van der Waals surface area contributed by atoms with Crippen LogP contribution in [0.2, 0.25) is 5.02 Å². The lowest BCUT2D eigenvalue weighted by Gasteiger charge is -2.07. The summed E-state index contributed by atoms with van der Waals surface area (Å²) < 4.78 is 15.7. The lowest BCUT2D eigenvalue weighted by molar-refractivity contribution is -0.115. The number of anilines is 1. The molecule has 1 aromatic heterocycles. The van der Waals surface area contributed by atoms with Gasteiger partial charge in [-0.15, -0.1) is 0 Å². The Kier molecular flexibility index (Phi) is 8.40. The zero-order valence-corrected chi connectivity index (χ0v) is 21.7. The topological polar surface area (TPSA) is 85.5 Å². The third kappa shape index (κ3) is 6.13. The predicted octanol–water partition coefficient (Wildman–Crippen LogP) is 6.54. The molecule has 0 spiro atoms. The van der Waals surface area contributed by atoms with E-state index in [-0.39, 0.29) is 5.91 Å². The third-order valence-electron chi connectivity index (χ3n) is 5.43. The number of carbonyl (C=O) groups is 1. The number of halogens is 1. The number of hydrogen-bond donors (Lipinski definition) is 2. The Morgan fingerprint density at radius 1 is 0.917 bits per heavy atom. The lowest BCUT2D eigenvalue weighted by atomic mass is 10.0. The van der Waals surface area contributed by atoms with Crippen LogP contribution in [0.15, 0.2) is 71.9 Å². The van der Waals surface area contributed by atoms with Gasteiger partial charge in [0.2, 0.25) is 5.91 Å². The number of benzene rings is 3. The Bertz CT molecular complexity index is 1260. The van der Waals surface area contributed by atoms with Gasteiger partial charge in [-0.25, -0.2) is 4.98 Å². The fourth-order valence-corrected chi connectivity index (χ4v) is 4.62. The highest BCUT2D eigenvalue weighted by atomic mass is 35.5. The van der Waals surface area contributed by atoms with Crippen LogP contribution in [0.4, 0.5) is 5.69 Å². The Morgan fingerprint density at radius 2 is 1.56 bits per heavy atom. The molecule has 0 radical (unpaired) electrons. The number of carbonyl (C=O) groups excluding carboxylic acids is 1. The summed E-state index contributed by atoms with van der Waals surface area (Å²) >= 11 is 7.63. The van der Waals surface area contributed by atoms with Gasteiger partial charge in [-0.2, -0.15) is 0 Å². The molecule has 0 aliphatic rings. The van der Waals surface area contributed by atoms with Crippen molar-refractivity contribution in [3.05, 3.63) is 71.8 Å². The van der Waals surface area contributed by atoms with Crippen LogP contribution in [0.25, 0.3) is 22.5 Å². The van der Waals surface area contributed by atoms with Gasteiger partial charge in [0, 0.05) is 29.0 Å². The summed E-state index contributed by atoms with van der Waals surface area (Å²) in [4.78, 5) is 20.7. The van der Waals surface area contributed by atoms with E-state index in [0.717, 1.165) is 39.2 Å². The van der Waals surface area contributed by atoms with Crippen molar-refractivity contribution in [3.63, 3.8) is 0 Å². The number of thioether (sulfide) groups is 1. The van der Waals surface area contributed by atoms with Crippen LogP contribution in [0.5, 0.6) is 17.2 Å². The molecule has 0 saturated carbocycles. The molecule has 1 heterocycles. The van der Waals surface area contributed by atoms with Gasteiger partial charge in [-0.1, -0.05) is 23.4 Å². The molecular formula is C27H26ClN3O4S. The SMILES string of the molecule is COc1ccc(-c2nc(SCCC(=O)Nc3ccc(OC)c(Cl)c3)[nH]c2-c2ccc(OC)cc2)cc1. The van der Waals surface area contributed by atoms with Crippen LogP contribution in [0.3, 0.4) is 0 Å². The number of ether oxygens (including phenoxy) is 3. The number of nitrogens with zero attached hydrogens (tertiary/aromatic N) is 1. The van der Waals surface area contributed by atoms with E-state index in [1.165, 1.54) is 11.8 Å². The molecule has 0 aliphatic heterocycles. The highest BCUT2D eigenvalue weighted by molar-refractivity contribution is 7.99. The van der Waals surface area contributed by atoms with Crippen molar-refractivity contribution in [1.29, 1.82) is 0 Å². The number of amides is 1. The van der Waals surface area contributed by atoms with E-state index < -0.39 is 0 Å². The van der Waals surface area contributed by atoms with E-state index in [2.05, 4.69) is 10.3 Å². The number of imidazole rings is 1. The number of H-pyrrole nitrogens is 1. The zero-order chi connectivity index (χ0) is 25.5. The van der Waals surface area contributed by atoms with Crippen LogP contribution >= 0.6 is 23.4 Å². The summed E-state index contributed by atoms with van der Waals surface area (Å²) in [6.07, 6.45) is 0.310. The smallest absolute Gasteiger partial charge is 0.225 e. The molecule has 7 nitrogen and oxygen atoms in total. The summed E-state index contributed by atoms with van der Waals surface area (Å²) in [6, 6.07) is 20.7. The van der Waals surface area contributed by atoms with Crippen LogP contribution in [-0.2, 0) is 4.79 Å². The molecule has 0 unspecified atom stereocenters. The molecular weight excluding hydrogens is 498 g/mol. The van der Waals surface area contributed by atoms with Gasteiger partial charge >= 0.3 is 0 Å². The molecule has 4 rings (SSSR count). The minimum atomic E-state index is -0.110. The molecule has 0 bridgehead atoms. The van der Waals surface area contributed by atoms with Crippen molar-refractivity contribution in [1.82, 2.24) is 9.97 Å². The lowest BCUT2D eigenvalue weighted by Crippen LogP contribution is -2.12. The van der Waals surface area contributed by atoms with Crippen LogP contribution in [0, 0.1) is 0 Å². The van der Waals surface area contributed by atoms with Crippen molar-refractivity contribution < 1.29 is 19.0 Å². The number of methoxy groups -OCH3 is 3. The normalized spacial score (nSPS) is 10.7. The van der Waals surface area contributed by atoms with E-state index in [0.29, 0.717) is 28.6 Å². The second kappa shape index (κ2) is 11.9. The molecule has 9 heteroatoms. The van der Waals surface area contributed by atoms with Gasteiger partial charge in [0.05, 0.1) is 37.7 Å². The second-order valence-electron chi connectivity index (χ2n) is 7.72. The van der Waals surface area contributed by atoms with E-state index in [1.54, 1.807) is 39.5 Å². The number of aromatic nitrogens is 2. The minimum absolute atomic E-state index is 0.110.